The van der Waals surface area contributed by atoms with Crippen molar-refractivity contribution in [1.29, 1.82) is 0 Å². The number of hydrogen-bond donors (Lipinski definition) is 1. The Balaban J connectivity index is 3.97. The standard InChI is InChI=1S/C47H89O8P/c1-4-7-9-11-13-15-17-19-20-21-22-23-24-25-26-27-28-30-32-34-36-38-40-42-47(49)55-45(44-54-56(50,51)53-6-3)43-52-46(48)41-39-37-35-33-31-29-18-16-14-12-10-8-5-2/h17,19,21-22,45H,4-16,18,20,23-44H2,1-3H3,(H,50,51)/b19-17-,22-21-. The summed E-state index contributed by atoms with van der Waals surface area (Å²) >= 11 is 0. The third-order valence-electron chi connectivity index (χ3n) is 10.3. The minimum Gasteiger partial charge on any atom is -0.462 e. The molecule has 0 aliphatic heterocycles. The van der Waals surface area contributed by atoms with Crippen molar-refractivity contribution >= 4 is 19.8 Å². The van der Waals surface area contributed by atoms with E-state index in [0.29, 0.717) is 12.8 Å². The van der Waals surface area contributed by atoms with Crippen LogP contribution in [-0.4, -0.2) is 42.8 Å². The van der Waals surface area contributed by atoms with Gasteiger partial charge in [-0.05, 0) is 51.9 Å². The number of phosphoric ester groups is 1. The van der Waals surface area contributed by atoms with E-state index in [1.54, 1.807) is 6.92 Å². The van der Waals surface area contributed by atoms with Gasteiger partial charge in [-0.15, -0.1) is 0 Å². The molecule has 0 fully saturated rings. The van der Waals surface area contributed by atoms with Crippen molar-refractivity contribution in [3.05, 3.63) is 24.3 Å². The van der Waals surface area contributed by atoms with E-state index in [4.69, 9.17) is 18.5 Å². The molecule has 8 nitrogen and oxygen atoms in total. The van der Waals surface area contributed by atoms with Crippen molar-refractivity contribution in [2.45, 2.75) is 245 Å². The van der Waals surface area contributed by atoms with E-state index in [2.05, 4.69) is 38.2 Å². The second-order valence-corrected chi connectivity index (χ2v) is 17.2. The van der Waals surface area contributed by atoms with Crippen LogP contribution in [-0.2, 0) is 32.7 Å². The lowest BCUT2D eigenvalue weighted by Gasteiger charge is -2.19. The van der Waals surface area contributed by atoms with Gasteiger partial charge in [-0.1, -0.05) is 199 Å². The number of carbonyl (C=O) groups is 2. The number of carbonyl (C=O) groups excluding carboxylic acids is 2. The van der Waals surface area contributed by atoms with Gasteiger partial charge in [0.15, 0.2) is 6.10 Å². The Labute approximate surface area is 345 Å². The number of allylic oxidation sites excluding steroid dienone is 4. The van der Waals surface area contributed by atoms with Crippen LogP contribution in [0.3, 0.4) is 0 Å². The molecule has 0 aliphatic rings. The summed E-state index contributed by atoms with van der Waals surface area (Å²) in [6, 6.07) is 0. The molecular weight excluding hydrogens is 723 g/mol. The number of unbranched alkanes of at least 4 members (excludes halogenated alkanes) is 28. The summed E-state index contributed by atoms with van der Waals surface area (Å²) in [7, 11) is -4.28. The second-order valence-electron chi connectivity index (χ2n) is 15.8. The molecule has 0 amide bonds. The first-order valence-corrected chi connectivity index (χ1v) is 25.1. The quantitative estimate of drug-likeness (QED) is 0.0280. The molecule has 0 aromatic rings. The first-order valence-electron chi connectivity index (χ1n) is 23.6. The van der Waals surface area contributed by atoms with Gasteiger partial charge >= 0.3 is 19.8 Å². The Bertz CT molecular complexity index is 968. The van der Waals surface area contributed by atoms with E-state index in [1.165, 1.54) is 161 Å². The third kappa shape index (κ3) is 42.1. The van der Waals surface area contributed by atoms with Gasteiger partial charge in [0.2, 0.25) is 0 Å². The van der Waals surface area contributed by atoms with Crippen LogP contribution in [0.5, 0.6) is 0 Å². The lowest BCUT2D eigenvalue weighted by molar-refractivity contribution is -0.161. The highest BCUT2D eigenvalue weighted by atomic mass is 31.2. The maximum absolute atomic E-state index is 12.6. The number of phosphoric acid groups is 1. The van der Waals surface area contributed by atoms with Gasteiger partial charge in [0.25, 0.3) is 0 Å². The summed E-state index contributed by atoms with van der Waals surface area (Å²) in [6.45, 7) is 5.49. The van der Waals surface area contributed by atoms with Crippen molar-refractivity contribution < 1.29 is 37.6 Å². The number of ether oxygens (including phenoxy) is 2. The molecule has 0 heterocycles. The predicted octanol–water partition coefficient (Wildman–Crippen LogP) is 15.0. The molecule has 56 heavy (non-hydrogen) atoms. The molecule has 330 valence electrons. The molecule has 2 atom stereocenters. The molecule has 0 aliphatic carbocycles. The summed E-state index contributed by atoms with van der Waals surface area (Å²) in [6.07, 6.45) is 48.1. The Morgan fingerprint density at radius 3 is 1.27 bits per heavy atom. The highest BCUT2D eigenvalue weighted by molar-refractivity contribution is 7.47. The van der Waals surface area contributed by atoms with Crippen LogP contribution in [0.15, 0.2) is 24.3 Å². The van der Waals surface area contributed by atoms with Gasteiger partial charge in [-0.25, -0.2) is 4.57 Å². The van der Waals surface area contributed by atoms with E-state index in [0.717, 1.165) is 38.5 Å². The van der Waals surface area contributed by atoms with Gasteiger partial charge in [-0.2, -0.15) is 0 Å². The maximum atomic E-state index is 12.6. The molecule has 0 aromatic heterocycles. The minimum absolute atomic E-state index is 0.00232. The minimum atomic E-state index is -4.28. The molecule has 1 N–H and O–H groups in total. The molecular formula is C47H89O8P. The lowest BCUT2D eigenvalue weighted by Crippen LogP contribution is -2.29. The van der Waals surface area contributed by atoms with Crippen molar-refractivity contribution in [2.75, 3.05) is 19.8 Å². The van der Waals surface area contributed by atoms with Crippen LogP contribution >= 0.6 is 7.82 Å². The largest absolute Gasteiger partial charge is 0.472 e. The topological polar surface area (TPSA) is 108 Å². The van der Waals surface area contributed by atoms with Crippen LogP contribution in [0.25, 0.3) is 0 Å². The summed E-state index contributed by atoms with van der Waals surface area (Å²) in [5.41, 5.74) is 0. The number of esters is 2. The van der Waals surface area contributed by atoms with E-state index in [1.807, 2.05) is 0 Å². The van der Waals surface area contributed by atoms with Gasteiger partial charge < -0.3 is 14.4 Å². The summed E-state index contributed by atoms with van der Waals surface area (Å²) < 4.78 is 32.7. The second kappa shape index (κ2) is 43.1. The van der Waals surface area contributed by atoms with Gasteiger partial charge in [-0.3, -0.25) is 18.6 Å². The molecule has 9 heteroatoms. The smallest absolute Gasteiger partial charge is 0.462 e. The molecule has 0 saturated heterocycles. The fraction of sp³-hybridized carbons (Fsp3) is 0.872. The Kier molecular flexibility index (Phi) is 42.0. The Morgan fingerprint density at radius 2 is 0.857 bits per heavy atom. The van der Waals surface area contributed by atoms with Gasteiger partial charge in [0, 0.05) is 12.8 Å². The van der Waals surface area contributed by atoms with E-state index in [9.17, 15) is 19.0 Å². The SMILES string of the molecule is CCCCCCC/C=C\C/C=C\CCCCCCCCCCCCCC(=O)OC(COC(=O)CCCCCCCCCCCCCCC)COP(=O)(O)OCC. The van der Waals surface area contributed by atoms with E-state index in [-0.39, 0.29) is 32.2 Å². The molecule has 0 saturated carbocycles. The molecule has 0 spiro atoms. The fourth-order valence-corrected chi connectivity index (χ4v) is 7.53. The van der Waals surface area contributed by atoms with Crippen molar-refractivity contribution in [3.63, 3.8) is 0 Å². The molecule has 0 radical (unpaired) electrons. The fourth-order valence-electron chi connectivity index (χ4n) is 6.78. The normalized spacial score (nSPS) is 13.4. The lowest BCUT2D eigenvalue weighted by atomic mass is 10.0. The molecule has 0 aromatic carbocycles. The van der Waals surface area contributed by atoms with Crippen LogP contribution in [0, 0.1) is 0 Å². The highest BCUT2D eigenvalue weighted by Crippen LogP contribution is 2.43. The summed E-state index contributed by atoms with van der Waals surface area (Å²) in [5.74, 6) is -0.789. The average molecular weight is 813 g/mol. The average Bonchev–Trinajstić information content (AvgIpc) is 3.18. The van der Waals surface area contributed by atoms with Crippen LogP contribution < -0.4 is 0 Å². The molecule has 0 bridgehead atoms. The Morgan fingerprint density at radius 1 is 0.482 bits per heavy atom. The zero-order chi connectivity index (χ0) is 41.1. The number of rotatable bonds is 44. The van der Waals surface area contributed by atoms with Crippen molar-refractivity contribution in [1.82, 2.24) is 0 Å². The van der Waals surface area contributed by atoms with Crippen LogP contribution in [0.1, 0.15) is 239 Å². The van der Waals surface area contributed by atoms with Gasteiger partial charge in [0.1, 0.15) is 6.61 Å². The Hall–Kier alpha value is -1.47. The zero-order valence-corrected chi connectivity index (χ0v) is 37.7. The summed E-state index contributed by atoms with van der Waals surface area (Å²) in [5, 5.41) is 0. The predicted molar refractivity (Wildman–Crippen MR) is 235 cm³/mol. The molecule has 2 unspecified atom stereocenters. The molecule has 0 rings (SSSR count). The van der Waals surface area contributed by atoms with Gasteiger partial charge in [0.05, 0.1) is 13.2 Å². The van der Waals surface area contributed by atoms with Crippen molar-refractivity contribution in [2.24, 2.45) is 0 Å². The number of hydrogen-bond acceptors (Lipinski definition) is 7. The van der Waals surface area contributed by atoms with Crippen LogP contribution in [0.4, 0.5) is 0 Å². The first-order chi connectivity index (χ1) is 27.3. The summed E-state index contributed by atoms with van der Waals surface area (Å²) in [4.78, 5) is 34.8. The van der Waals surface area contributed by atoms with E-state index >= 15 is 0 Å². The van der Waals surface area contributed by atoms with Crippen molar-refractivity contribution in [3.8, 4) is 0 Å². The van der Waals surface area contributed by atoms with Crippen LogP contribution in [0.2, 0.25) is 0 Å². The van der Waals surface area contributed by atoms with E-state index < -0.39 is 19.9 Å². The first kappa shape index (κ1) is 54.5. The maximum Gasteiger partial charge on any atom is 0.472 e. The third-order valence-corrected chi connectivity index (χ3v) is 11.3. The zero-order valence-electron chi connectivity index (χ0n) is 36.8. The highest BCUT2D eigenvalue weighted by Gasteiger charge is 2.25. The monoisotopic (exact) mass is 813 g/mol.